The van der Waals surface area contributed by atoms with Gasteiger partial charge in [0.2, 0.25) is 0 Å². The molecule has 0 amide bonds. The fourth-order valence-corrected chi connectivity index (χ4v) is 1.77. The first-order chi connectivity index (χ1) is 8.13. The molecule has 0 bridgehead atoms. The van der Waals surface area contributed by atoms with Crippen LogP contribution in [0.25, 0.3) is 11.3 Å². The zero-order chi connectivity index (χ0) is 12.4. The maximum Gasteiger partial charge on any atom is 0.134 e. The number of halogens is 1. The van der Waals surface area contributed by atoms with Crippen LogP contribution in [0.3, 0.4) is 0 Å². The molecule has 1 aromatic heterocycles. The molecule has 17 heavy (non-hydrogen) atoms. The van der Waals surface area contributed by atoms with Crippen LogP contribution >= 0.6 is 0 Å². The van der Waals surface area contributed by atoms with Gasteiger partial charge < -0.3 is 10.2 Å². The highest BCUT2D eigenvalue weighted by atomic mass is 19.1. The Morgan fingerprint density at radius 2 is 2.06 bits per heavy atom. The van der Waals surface area contributed by atoms with E-state index in [1.54, 1.807) is 13.0 Å². The van der Waals surface area contributed by atoms with Crippen molar-refractivity contribution in [2.45, 2.75) is 26.3 Å². The summed E-state index contributed by atoms with van der Waals surface area (Å²) >= 11 is 0. The molecule has 3 heteroatoms. The number of hydrogen-bond donors (Lipinski definition) is 1. The molecule has 0 saturated carbocycles. The molecular formula is C14H16FNO. The first-order valence-electron chi connectivity index (χ1n) is 5.74. The molecule has 2 aromatic rings. The minimum Gasteiger partial charge on any atom is -0.459 e. The van der Waals surface area contributed by atoms with Crippen molar-refractivity contribution in [3.8, 4) is 11.3 Å². The van der Waals surface area contributed by atoms with Gasteiger partial charge in [0.05, 0.1) is 6.04 Å². The summed E-state index contributed by atoms with van der Waals surface area (Å²) < 4.78 is 19.1. The average Bonchev–Trinajstić information content (AvgIpc) is 2.81. The lowest BCUT2D eigenvalue weighted by Crippen LogP contribution is -2.06. The second-order valence-electron chi connectivity index (χ2n) is 4.13. The maximum atomic E-state index is 13.4. The van der Waals surface area contributed by atoms with E-state index in [4.69, 9.17) is 10.2 Å². The summed E-state index contributed by atoms with van der Waals surface area (Å²) in [6, 6.07) is 8.57. The molecule has 0 spiro atoms. The van der Waals surface area contributed by atoms with E-state index in [0.29, 0.717) is 11.3 Å². The largest absolute Gasteiger partial charge is 0.459 e. The minimum atomic E-state index is -0.222. The van der Waals surface area contributed by atoms with Gasteiger partial charge in [-0.2, -0.15) is 0 Å². The summed E-state index contributed by atoms with van der Waals surface area (Å²) in [7, 11) is 0. The van der Waals surface area contributed by atoms with Gasteiger partial charge in [0.25, 0.3) is 0 Å². The van der Waals surface area contributed by atoms with E-state index in [2.05, 4.69) is 0 Å². The SMILES string of the molecule is CCC(N)c1ccc(-c2cccc(F)c2C)o1. The normalized spacial score (nSPS) is 12.7. The van der Waals surface area contributed by atoms with Crippen molar-refractivity contribution in [3.63, 3.8) is 0 Å². The Labute approximate surface area is 100 Å². The van der Waals surface area contributed by atoms with E-state index in [-0.39, 0.29) is 11.9 Å². The van der Waals surface area contributed by atoms with Gasteiger partial charge in [0.1, 0.15) is 17.3 Å². The van der Waals surface area contributed by atoms with Crippen LogP contribution in [0, 0.1) is 12.7 Å². The molecule has 90 valence electrons. The average molecular weight is 233 g/mol. The van der Waals surface area contributed by atoms with Crippen molar-refractivity contribution in [2.75, 3.05) is 0 Å². The lowest BCUT2D eigenvalue weighted by molar-refractivity contribution is 0.469. The van der Waals surface area contributed by atoms with Crippen molar-refractivity contribution in [1.82, 2.24) is 0 Å². The van der Waals surface area contributed by atoms with Crippen LogP contribution in [0.15, 0.2) is 34.7 Å². The minimum absolute atomic E-state index is 0.0994. The van der Waals surface area contributed by atoms with E-state index >= 15 is 0 Å². The summed E-state index contributed by atoms with van der Waals surface area (Å²) in [6.07, 6.45) is 0.815. The lowest BCUT2D eigenvalue weighted by atomic mass is 10.1. The van der Waals surface area contributed by atoms with Gasteiger partial charge in [-0.3, -0.25) is 0 Å². The summed E-state index contributed by atoms with van der Waals surface area (Å²) in [5.74, 6) is 1.19. The van der Waals surface area contributed by atoms with Crippen LogP contribution in [0.1, 0.15) is 30.7 Å². The van der Waals surface area contributed by atoms with Gasteiger partial charge in [-0.1, -0.05) is 19.1 Å². The Balaban J connectivity index is 2.40. The molecule has 2 N–H and O–H groups in total. The van der Waals surface area contributed by atoms with Gasteiger partial charge in [-0.15, -0.1) is 0 Å². The molecule has 1 aromatic carbocycles. The molecule has 0 fully saturated rings. The van der Waals surface area contributed by atoms with Gasteiger partial charge in [0, 0.05) is 5.56 Å². The molecular weight excluding hydrogens is 217 g/mol. The molecule has 2 nitrogen and oxygen atoms in total. The van der Waals surface area contributed by atoms with Crippen molar-refractivity contribution < 1.29 is 8.81 Å². The number of hydrogen-bond acceptors (Lipinski definition) is 2. The van der Waals surface area contributed by atoms with Crippen LogP contribution < -0.4 is 5.73 Å². The van der Waals surface area contributed by atoms with E-state index in [1.807, 2.05) is 25.1 Å². The fourth-order valence-electron chi connectivity index (χ4n) is 1.77. The summed E-state index contributed by atoms with van der Waals surface area (Å²) in [5.41, 5.74) is 7.26. The number of rotatable bonds is 3. The highest BCUT2D eigenvalue weighted by Crippen LogP contribution is 2.28. The summed E-state index contributed by atoms with van der Waals surface area (Å²) in [4.78, 5) is 0. The molecule has 0 aliphatic carbocycles. The van der Waals surface area contributed by atoms with E-state index in [1.165, 1.54) is 6.07 Å². The molecule has 0 aliphatic rings. The fraction of sp³-hybridized carbons (Fsp3) is 0.286. The van der Waals surface area contributed by atoms with E-state index < -0.39 is 0 Å². The Kier molecular flexibility index (Phi) is 3.29. The number of benzene rings is 1. The molecule has 2 rings (SSSR count). The van der Waals surface area contributed by atoms with Crippen LogP contribution in [-0.2, 0) is 0 Å². The van der Waals surface area contributed by atoms with Crippen LogP contribution in [-0.4, -0.2) is 0 Å². The molecule has 0 aliphatic heterocycles. The van der Waals surface area contributed by atoms with Gasteiger partial charge >= 0.3 is 0 Å². The quantitative estimate of drug-likeness (QED) is 0.875. The Morgan fingerprint density at radius 3 is 2.76 bits per heavy atom. The summed E-state index contributed by atoms with van der Waals surface area (Å²) in [6.45, 7) is 3.74. The number of furan rings is 1. The zero-order valence-electron chi connectivity index (χ0n) is 10.0. The monoisotopic (exact) mass is 233 g/mol. The predicted molar refractivity (Wildman–Crippen MR) is 66.1 cm³/mol. The highest BCUT2D eigenvalue weighted by Gasteiger charge is 2.12. The third-order valence-electron chi connectivity index (χ3n) is 2.97. The molecule has 1 unspecified atom stereocenters. The third kappa shape index (κ3) is 2.24. The van der Waals surface area contributed by atoms with E-state index in [9.17, 15) is 4.39 Å². The topological polar surface area (TPSA) is 39.2 Å². The van der Waals surface area contributed by atoms with Crippen LogP contribution in [0.5, 0.6) is 0 Å². The lowest BCUT2D eigenvalue weighted by Gasteiger charge is -2.05. The smallest absolute Gasteiger partial charge is 0.134 e. The van der Waals surface area contributed by atoms with Gasteiger partial charge in [-0.05, 0) is 37.1 Å². The highest BCUT2D eigenvalue weighted by molar-refractivity contribution is 5.62. The molecule has 1 atom stereocenters. The Hall–Kier alpha value is -1.61. The van der Waals surface area contributed by atoms with Crippen molar-refractivity contribution in [2.24, 2.45) is 5.73 Å². The zero-order valence-corrected chi connectivity index (χ0v) is 10.0. The third-order valence-corrected chi connectivity index (χ3v) is 2.97. The first-order valence-corrected chi connectivity index (χ1v) is 5.74. The number of nitrogens with two attached hydrogens (primary N) is 1. The Bertz CT molecular complexity index is 519. The van der Waals surface area contributed by atoms with Gasteiger partial charge in [-0.25, -0.2) is 4.39 Å². The second kappa shape index (κ2) is 4.72. The second-order valence-corrected chi connectivity index (χ2v) is 4.13. The van der Waals surface area contributed by atoms with Crippen molar-refractivity contribution >= 4 is 0 Å². The molecule has 0 radical (unpaired) electrons. The van der Waals surface area contributed by atoms with Crippen LogP contribution in [0.2, 0.25) is 0 Å². The van der Waals surface area contributed by atoms with Crippen molar-refractivity contribution in [3.05, 3.63) is 47.5 Å². The molecule has 1 heterocycles. The van der Waals surface area contributed by atoms with Gasteiger partial charge in [0.15, 0.2) is 0 Å². The summed E-state index contributed by atoms with van der Waals surface area (Å²) in [5, 5.41) is 0. The standard InChI is InChI=1S/C14H16FNO/c1-3-12(16)14-8-7-13(17-14)10-5-4-6-11(15)9(10)2/h4-8,12H,3,16H2,1-2H3. The maximum absolute atomic E-state index is 13.4. The molecule has 0 saturated heterocycles. The Morgan fingerprint density at radius 1 is 1.29 bits per heavy atom. The van der Waals surface area contributed by atoms with Crippen molar-refractivity contribution in [1.29, 1.82) is 0 Å². The van der Waals surface area contributed by atoms with Crippen LogP contribution in [0.4, 0.5) is 4.39 Å². The predicted octanol–water partition coefficient (Wildman–Crippen LogP) is 3.80. The first kappa shape index (κ1) is 11.9. The van der Waals surface area contributed by atoms with E-state index in [0.717, 1.165) is 17.7 Å².